The molecule has 2 aromatic carbocycles. The first kappa shape index (κ1) is 21.4. The number of likely N-dealkylation sites (tertiary alicyclic amines) is 1. The van der Waals surface area contributed by atoms with E-state index in [2.05, 4.69) is 10.6 Å². The Labute approximate surface area is 186 Å². The molecule has 3 aromatic rings. The van der Waals surface area contributed by atoms with Crippen LogP contribution in [0.2, 0.25) is 0 Å². The quantitative estimate of drug-likeness (QED) is 0.594. The minimum atomic E-state index is -0.643. The predicted octanol–water partition coefficient (Wildman–Crippen LogP) is 3.90. The fraction of sp³-hybridized carbons (Fsp3) is 0.240. The van der Waals surface area contributed by atoms with Gasteiger partial charge in [-0.2, -0.15) is 0 Å². The Bertz CT molecular complexity index is 1060. The first-order valence-corrected chi connectivity index (χ1v) is 10.7. The van der Waals surface area contributed by atoms with Gasteiger partial charge in [-0.05, 0) is 48.2 Å². The van der Waals surface area contributed by atoms with Gasteiger partial charge >= 0.3 is 0 Å². The van der Waals surface area contributed by atoms with Crippen molar-refractivity contribution in [3.8, 4) is 0 Å². The zero-order chi connectivity index (χ0) is 22.3. The van der Waals surface area contributed by atoms with Gasteiger partial charge < -0.3 is 20.0 Å². The predicted molar refractivity (Wildman–Crippen MR) is 120 cm³/mol. The fourth-order valence-electron chi connectivity index (χ4n) is 3.80. The van der Waals surface area contributed by atoms with Gasteiger partial charge in [0.05, 0.1) is 6.26 Å². The summed E-state index contributed by atoms with van der Waals surface area (Å²) in [6.45, 7) is 0.895. The van der Waals surface area contributed by atoms with Crippen molar-refractivity contribution in [2.24, 2.45) is 0 Å². The lowest BCUT2D eigenvalue weighted by Gasteiger charge is -2.34. The average molecular weight is 431 g/mol. The van der Waals surface area contributed by atoms with Crippen molar-refractivity contribution in [1.82, 2.24) is 10.2 Å². The lowest BCUT2D eigenvalue weighted by atomic mass is 10.0. The Hall–Kier alpha value is -3.87. The van der Waals surface area contributed by atoms with Crippen LogP contribution in [0, 0.1) is 0 Å². The van der Waals surface area contributed by atoms with Crippen LogP contribution in [0.25, 0.3) is 0 Å². The molecule has 32 heavy (non-hydrogen) atoms. The number of nitrogens with one attached hydrogen (secondary N) is 2. The second-order valence-corrected chi connectivity index (χ2v) is 7.70. The maximum Gasteiger partial charge on any atom is 0.291 e. The van der Waals surface area contributed by atoms with E-state index in [9.17, 15) is 14.4 Å². The molecule has 7 nitrogen and oxygen atoms in total. The molecule has 4 rings (SSSR count). The maximum absolute atomic E-state index is 13.1. The van der Waals surface area contributed by atoms with Crippen LogP contribution < -0.4 is 10.6 Å². The molecule has 1 unspecified atom stereocenters. The molecule has 1 aromatic heterocycles. The molecule has 0 spiro atoms. The number of anilines is 1. The number of piperidine rings is 1. The molecule has 0 aliphatic carbocycles. The lowest BCUT2D eigenvalue weighted by Crippen LogP contribution is -2.45. The Morgan fingerprint density at radius 3 is 2.44 bits per heavy atom. The van der Waals surface area contributed by atoms with Gasteiger partial charge in [0.2, 0.25) is 11.8 Å². The third-order valence-corrected chi connectivity index (χ3v) is 5.46. The molecule has 0 radical (unpaired) electrons. The van der Waals surface area contributed by atoms with Gasteiger partial charge in [-0.1, -0.05) is 42.5 Å². The molecule has 2 heterocycles. The summed E-state index contributed by atoms with van der Waals surface area (Å²) in [6, 6.07) is 19.2. The molecule has 7 heteroatoms. The van der Waals surface area contributed by atoms with E-state index in [1.165, 1.54) is 6.26 Å². The number of carbonyl (C=O) groups is 3. The molecule has 1 aliphatic rings. The third-order valence-electron chi connectivity index (χ3n) is 5.46. The molecule has 1 atom stereocenters. The van der Waals surface area contributed by atoms with Crippen LogP contribution in [-0.2, 0) is 16.1 Å². The monoisotopic (exact) mass is 431 g/mol. The van der Waals surface area contributed by atoms with E-state index in [0.29, 0.717) is 25.2 Å². The highest BCUT2D eigenvalue weighted by molar-refractivity contribution is 6.02. The normalized spacial score (nSPS) is 14.6. The molecular formula is C25H25N3O4. The van der Waals surface area contributed by atoms with Gasteiger partial charge in [0.15, 0.2) is 5.76 Å². The molecule has 2 N–H and O–H groups in total. The van der Waals surface area contributed by atoms with Crippen LogP contribution in [0.3, 0.4) is 0 Å². The van der Waals surface area contributed by atoms with Gasteiger partial charge in [-0.25, -0.2) is 0 Å². The second kappa shape index (κ2) is 9.96. The Balaban J connectivity index is 1.40. The zero-order valence-electron chi connectivity index (χ0n) is 17.6. The average Bonchev–Trinajstić information content (AvgIpc) is 3.36. The van der Waals surface area contributed by atoms with Crippen molar-refractivity contribution in [2.75, 3.05) is 11.9 Å². The van der Waals surface area contributed by atoms with Crippen LogP contribution in [0.4, 0.5) is 5.69 Å². The van der Waals surface area contributed by atoms with E-state index < -0.39 is 6.04 Å². The SMILES string of the molecule is O=C(Nc1ccc(CNC(=O)C(c2ccccc2)N2CCCCC2=O)cc1)c1ccco1. The van der Waals surface area contributed by atoms with E-state index in [0.717, 1.165) is 24.0 Å². The topological polar surface area (TPSA) is 91.7 Å². The summed E-state index contributed by atoms with van der Waals surface area (Å²) in [5.74, 6) is -0.285. The molecule has 0 saturated carbocycles. The van der Waals surface area contributed by atoms with Gasteiger partial charge in [-0.15, -0.1) is 0 Å². The summed E-state index contributed by atoms with van der Waals surface area (Å²) >= 11 is 0. The zero-order valence-corrected chi connectivity index (χ0v) is 17.6. The molecule has 1 fully saturated rings. The van der Waals surface area contributed by atoms with E-state index in [1.807, 2.05) is 42.5 Å². The highest BCUT2D eigenvalue weighted by Gasteiger charge is 2.32. The molecule has 1 saturated heterocycles. The van der Waals surface area contributed by atoms with E-state index in [1.54, 1.807) is 29.2 Å². The van der Waals surface area contributed by atoms with Crippen LogP contribution in [-0.4, -0.2) is 29.2 Å². The smallest absolute Gasteiger partial charge is 0.291 e. The van der Waals surface area contributed by atoms with Crippen LogP contribution >= 0.6 is 0 Å². The Morgan fingerprint density at radius 2 is 1.75 bits per heavy atom. The van der Waals surface area contributed by atoms with Crippen molar-refractivity contribution >= 4 is 23.4 Å². The molecule has 164 valence electrons. The number of carbonyl (C=O) groups excluding carboxylic acids is 3. The second-order valence-electron chi connectivity index (χ2n) is 7.70. The molecule has 1 aliphatic heterocycles. The van der Waals surface area contributed by atoms with Gasteiger partial charge in [0.25, 0.3) is 5.91 Å². The number of hydrogen-bond acceptors (Lipinski definition) is 4. The number of rotatable bonds is 7. The van der Waals surface area contributed by atoms with E-state index in [4.69, 9.17) is 4.42 Å². The highest BCUT2D eigenvalue weighted by Crippen LogP contribution is 2.26. The number of nitrogens with zero attached hydrogens (tertiary/aromatic N) is 1. The fourth-order valence-corrected chi connectivity index (χ4v) is 3.80. The minimum Gasteiger partial charge on any atom is -0.459 e. The van der Waals surface area contributed by atoms with Crippen molar-refractivity contribution in [3.05, 3.63) is 89.9 Å². The number of hydrogen-bond donors (Lipinski definition) is 2. The summed E-state index contributed by atoms with van der Waals surface area (Å²) in [5.41, 5.74) is 2.31. The summed E-state index contributed by atoms with van der Waals surface area (Å²) in [5, 5.41) is 5.72. The first-order valence-electron chi connectivity index (χ1n) is 10.7. The summed E-state index contributed by atoms with van der Waals surface area (Å²) < 4.78 is 5.09. The van der Waals surface area contributed by atoms with Crippen molar-refractivity contribution in [1.29, 1.82) is 0 Å². The lowest BCUT2D eigenvalue weighted by molar-refractivity contribution is -0.142. The third kappa shape index (κ3) is 5.06. The number of amides is 3. The summed E-state index contributed by atoms with van der Waals surface area (Å²) in [4.78, 5) is 39.4. The van der Waals surface area contributed by atoms with E-state index >= 15 is 0 Å². The standard InChI is InChI=1S/C25H25N3O4/c29-22-10-4-5-15-28(22)23(19-7-2-1-3-8-19)25(31)26-17-18-11-13-20(14-12-18)27-24(30)21-9-6-16-32-21/h1-3,6-9,11-14,16,23H,4-5,10,15,17H2,(H,26,31)(H,27,30). The highest BCUT2D eigenvalue weighted by atomic mass is 16.3. The van der Waals surface area contributed by atoms with Crippen LogP contribution in [0.1, 0.15) is 47.0 Å². The van der Waals surface area contributed by atoms with Gasteiger partial charge in [-0.3, -0.25) is 14.4 Å². The summed E-state index contributed by atoms with van der Waals surface area (Å²) in [7, 11) is 0. The van der Waals surface area contributed by atoms with Crippen molar-refractivity contribution in [3.63, 3.8) is 0 Å². The van der Waals surface area contributed by atoms with E-state index in [-0.39, 0.29) is 23.5 Å². The summed E-state index contributed by atoms with van der Waals surface area (Å²) in [6.07, 6.45) is 3.68. The first-order chi connectivity index (χ1) is 15.6. The number of furan rings is 1. The maximum atomic E-state index is 13.1. The van der Waals surface area contributed by atoms with Crippen LogP contribution in [0.5, 0.6) is 0 Å². The van der Waals surface area contributed by atoms with Crippen molar-refractivity contribution < 1.29 is 18.8 Å². The van der Waals surface area contributed by atoms with Gasteiger partial charge in [0.1, 0.15) is 6.04 Å². The Kier molecular flexibility index (Phi) is 6.65. The molecular weight excluding hydrogens is 406 g/mol. The largest absolute Gasteiger partial charge is 0.459 e. The minimum absolute atomic E-state index is 0.0110. The van der Waals surface area contributed by atoms with Gasteiger partial charge in [0, 0.05) is 25.2 Å². The Morgan fingerprint density at radius 1 is 0.969 bits per heavy atom. The molecule has 0 bridgehead atoms. The molecule has 3 amide bonds. The number of benzene rings is 2. The van der Waals surface area contributed by atoms with Crippen LogP contribution in [0.15, 0.2) is 77.4 Å². The van der Waals surface area contributed by atoms with Crippen molar-refractivity contribution in [2.45, 2.75) is 31.8 Å².